The molecule has 0 unspecified atom stereocenters. The summed E-state index contributed by atoms with van der Waals surface area (Å²) >= 11 is 0. The lowest BCUT2D eigenvalue weighted by Gasteiger charge is -2.02. The molecule has 0 atom stereocenters. The van der Waals surface area contributed by atoms with Crippen LogP contribution in [0.5, 0.6) is 0 Å². The monoisotopic (exact) mass is 301 g/mol. The van der Waals surface area contributed by atoms with Crippen LogP contribution in [0.1, 0.15) is 32.2 Å². The Hall–Kier alpha value is -2.44. The van der Waals surface area contributed by atoms with E-state index in [1.54, 1.807) is 17.0 Å². The van der Waals surface area contributed by atoms with Crippen LogP contribution < -0.4 is 11.0 Å². The van der Waals surface area contributed by atoms with Gasteiger partial charge in [-0.1, -0.05) is 6.92 Å². The van der Waals surface area contributed by atoms with Crippen molar-refractivity contribution < 1.29 is 4.79 Å². The van der Waals surface area contributed by atoms with E-state index >= 15 is 0 Å². The van der Waals surface area contributed by atoms with Crippen molar-refractivity contribution in [3.63, 3.8) is 0 Å². The number of carbonyl (C=O) groups excluding carboxylic acids is 1. The van der Waals surface area contributed by atoms with Crippen molar-refractivity contribution in [2.24, 2.45) is 0 Å². The Morgan fingerprint density at radius 2 is 2.27 bits per heavy atom. The third-order valence-corrected chi connectivity index (χ3v) is 3.57. The first-order valence-corrected chi connectivity index (χ1v) is 7.57. The average molecular weight is 301 g/mol. The number of nitrogens with zero attached hydrogens (tertiary/aromatic N) is 4. The number of carbonyl (C=O) groups is 1. The second-order valence-electron chi connectivity index (χ2n) is 5.46. The lowest BCUT2D eigenvalue weighted by Crippen LogP contribution is -2.33. The predicted molar refractivity (Wildman–Crippen MR) is 81.3 cm³/mol. The summed E-state index contributed by atoms with van der Waals surface area (Å²) in [7, 11) is 0. The van der Waals surface area contributed by atoms with E-state index in [0.717, 1.165) is 24.8 Å². The molecule has 2 aromatic rings. The maximum atomic E-state index is 12.5. The third-order valence-electron chi connectivity index (χ3n) is 3.57. The van der Waals surface area contributed by atoms with Crippen LogP contribution in [0.4, 0.5) is 0 Å². The number of hydrogen-bond donors (Lipinski definition) is 1. The van der Waals surface area contributed by atoms with Gasteiger partial charge >= 0.3 is 5.69 Å². The Labute approximate surface area is 128 Å². The first-order chi connectivity index (χ1) is 10.7. The standard InChI is InChI=1S/C15H19N5O2/c1-2-7-17-13(21)10-19-15(22)20(12-5-6-12)14(18-19)11-4-3-8-16-9-11/h3-4,8-9,12H,2,5-7,10H2,1H3,(H,17,21). The molecule has 116 valence electrons. The first kappa shape index (κ1) is 14.5. The SMILES string of the molecule is CCCNC(=O)Cn1nc(-c2cccnc2)n(C2CC2)c1=O. The second kappa shape index (κ2) is 6.13. The van der Waals surface area contributed by atoms with Gasteiger partial charge in [0.1, 0.15) is 6.54 Å². The van der Waals surface area contributed by atoms with Crippen molar-refractivity contribution in [2.45, 2.75) is 38.8 Å². The van der Waals surface area contributed by atoms with Crippen LogP contribution in [-0.4, -0.2) is 31.8 Å². The number of pyridine rings is 1. The molecule has 7 heteroatoms. The molecule has 1 saturated carbocycles. The van der Waals surface area contributed by atoms with Crippen LogP contribution in [0.25, 0.3) is 11.4 Å². The summed E-state index contributed by atoms with van der Waals surface area (Å²) in [5.74, 6) is 0.394. The molecule has 7 nitrogen and oxygen atoms in total. The van der Waals surface area contributed by atoms with Gasteiger partial charge in [-0.2, -0.15) is 0 Å². The summed E-state index contributed by atoms with van der Waals surface area (Å²) in [4.78, 5) is 28.4. The minimum atomic E-state index is -0.229. The van der Waals surface area contributed by atoms with Gasteiger partial charge in [0.15, 0.2) is 5.82 Å². The zero-order valence-electron chi connectivity index (χ0n) is 12.5. The van der Waals surface area contributed by atoms with Crippen molar-refractivity contribution in [2.75, 3.05) is 6.54 Å². The molecule has 1 aliphatic rings. The predicted octanol–water partition coefficient (Wildman–Crippen LogP) is 0.968. The molecular weight excluding hydrogens is 282 g/mol. The Morgan fingerprint density at radius 1 is 1.45 bits per heavy atom. The van der Waals surface area contributed by atoms with E-state index in [-0.39, 0.29) is 24.2 Å². The molecule has 1 fully saturated rings. The minimum absolute atomic E-state index is 0.0498. The average Bonchev–Trinajstić information content (AvgIpc) is 3.32. The molecule has 22 heavy (non-hydrogen) atoms. The van der Waals surface area contributed by atoms with Gasteiger partial charge in [0.2, 0.25) is 5.91 Å². The van der Waals surface area contributed by atoms with Crippen molar-refractivity contribution in [3.8, 4) is 11.4 Å². The zero-order valence-corrected chi connectivity index (χ0v) is 12.5. The van der Waals surface area contributed by atoms with Crippen LogP contribution in [0.2, 0.25) is 0 Å². The normalized spacial score (nSPS) is 14.0. The van der Waals surface area contributed by atoms with Gasteiger partial charge in [0, 0.05) is 30.5 Å². The number of rotatable bonds is 6. The molecular formula is C15H19N5O2. The molecule has 1 N–H and O–H groups in total. The maximum Gasteiger partial charge on any atom is 0.346 e. The molecule has 0 saturated heterocycles. The Bertz CT molecular complexity index is 715. The van der Waals surface area contributed by atoms with Gasteiger partial charge in [-0.15, -0.1) is 5.10 Å². The quantitative estimate of drug-likeness (QED) is 0.862. The Morgan fingerprint density at radius 3 is 2.91 bits per heavy atom. The summed E-state index contributed by atoms with van der Waals surface area (Å²) in [6, 6.07) is 3.87. The molecule has 0 aromatic carbocycles. The third kappa shape index (κ3) is 2.93. The lowest BCUT2D eigenvalue weighted by atomic mass is 10.3. The molecule has 1 aliphatic carbocycles. The van der Waals surface area contributed by atoms with Crippen LogP contribution in [-0.2, 0) is 11.3 Å². The van der Waals surface area contributed by atoms with E-state index in [1.165, 1.54) is 4.68 Å². The van der Waals surface area contributed by atoms with Gasteiger partial charge < -0.3 is 5.32 Å². The van der Waals surface area contributed by atoms with Crippen molar-refractivity contribution in [1.29, 1.82) is 0 Å². The van der Waals surface area contributed by atoms with Crippen LogP contribution in [0.15, 0.2) is 29.3 Å². The molecule has 0 radical (unpaired) electrons. The van der Waals surface area contributed by atoms with Crippen molar-refractivity contribution in [1.82, 2.24) is 24.6 Å². The van der Waals surface area contributed by atoms with E-state index < -0.39 is 0 Å². The largest absolute Gasteiger partial charge is 0.355 e. The molecule has 2 aromatic heterocycles. The van der Waals surface area contributed by atoms with Crippen LogP contribution in [0, 0.1) is 0 Å². The van der Waals surface area contributed by atoms with Gasteiger partial charge in [-0.3, -0.25) is 14.3 Å². The van der Waals surface area contributed by atoms with Crippen molar-refractivity contribution >= 4 is 5.91 Å². The van der Waals surface area contributed by atoms with Gasteiger partial charge in [0.25, 0.3) is 0 Å². The van der Waals surface area contributed by atoms with E-state index in [9.17, 15) is 9.59 Å². The van der Waals surface area contributed by atoms with Gasteiger partial charge in [-0.05, 0) is 31.4 Å². The number of amides is 1. The molecule has 1 amide bonds. The van der Waals surface area contributed by atoms with Gasteiger partial charge in [-0.25, -0.2) is 9.48 Å². The van der Waals surface area contributed by atoms with Crippen LogP contribution in [0.3, 0.4) is 0 Å². The Kier molecular flexibility index (Phi) is 4.04. The summed E-state index contributed by atoms with van der Waals surface area (Å²) in [6.45, 7) is 2.53. The van der Waals surface area contributed by atoms with Gasteiger partial charge in [0.05, 0.1) is 0 Å². The van der Waals surface area contributed by atoms with E-state index in [2.05, 4.69) is 15.4 Å². The number of nitrogens with one attached hydrogen (secondary N) is 1. The molecule has 0 aliphatic heterocycles. The number of aromatic nitrogens is 4. The molecule has 2 heterocycles. The van der Waals surface area contributed by atoms with E-state index in [0.29, 0.717) is 12.4 Å². The maximum absolute atomic E-state index is 12.5. The molecule has 0 spiro atoms. The Balaban J connectivity index is 1.92. The van der Waals surface area contributed by atoms with Crippen LogP contribution >= 0.6 is 0 Å². The molecule has 0 bridgehead atoms. The lowest BCUT2D eigenvalue weighted by molar-refractivity contribution is -0.121. The zero-order chi connectivity index (χ0) is 15.5. The van der Waals surface area contributed by atoms with E-state index in [1.807, 2.05) is 19.1 Å². The highest BCUT2D eigenvalue weighted by molar-refractivity contribution is 5.75. The minimum Gasteiger partial charge on any atom is -0.355 e. The fraction of sp³-hybridized carbons (Fsp3) is 0.467. The highest BCUT2D eigenvalue weighted by Gasteiger charge is 2.30. The highest BCUT2D eigenvalue weighted by atomic mass is 16.2. The smallest absolute Gasteiger partial charge is 0.346 e. The summed E-state index contributed by atoms with van der Waals surface area (Å²) in [5, 5.41) is 7.12. The summed E-state index contributed by atoms with van der Waals surface area (Å²) in [6.07, 6.45) is 6.17. The molecule has 3 rings (SSSR count). The second-order valence-corrected chi connectivity index (χ2v) is 5.46. The topological polar surface area (TPSA) is 81.8 Å². The summed E-state index contributed by atoms with van der Waals surface area (Å²) in [5.41, 5.74) is 0.562. The fourth-order valence-electron chi connectivity index (χ4n) is 2.33. The fourth-order valence-corrected chi connectivity index (χ4v) is 2.33. The first-order valence-electron chi connectivity index (χ1n) is 7.57. The van der Waals surface area contributed by atoms with E-state index in [4.69, 9.17) is 0 Å². The van der Waals surface area contributed by atoms with Crippen molar-refractivity contribution in [3.05, 3.63) is 35.0 Å². The number of hydrogen-bond acceptors (Lipinski definition) is 4. The summed E-state index contributed by atoms with van der Waals surface area (Å²) < 4.78 is 2.93. The highest BCUT2D eigenvalue weighted by Crippen LogP contribution is 2.36.